The fraction of sp³-hybridized carbons (Fsp3) is 1.00. The molecular formula is C11H32O3Si4. The van der Waals surface area contributed by atoms with Gasteiger partial charge in [0.15, 0.2) is 17.4 Å². The molecule has 0 aromatic heterocycles. The minimum absolute atomic E-state index is 0.118. The third-order valence-electron chi connectivity index (χ3n) is 2.08. The summed E-state index contributed by atoms with van der Waals surface area (Å²) in [5.74, 6) is 0. The van der Waals surface area contributed by atoms with Gasteiger partial charge in [0.25, 0.3) is 0 Å². The minimum Gasteiger partial charge on any atom is -0.440 e. The normalized spacial score (nSPS) is 16.2. The van der Waals surface area contributed by atoms with Gasteiger partial charge in [-0.05, 0) is 45.8 Å². The zero-order chi connectivity index (χ0) is 14.8. The third-order valence-corrected chi connectivity index (χ3v) is 14.5. The van der Waals surface area contributed by atoms with E-state index in [0.717, 1.165) is 0 Å². The average Bonchev–Trinajstić information content (AvgIpc) is 1.93. The topological polar surface area (TPSA) is 27.7 Å². The van der Waals surface area contributed by atoms with Crippen LogP contribution in [0.3, 0.4) is 0 Å². The Bertz CT molecular complexity index is 256. The predicted molar refractivity (Wildman–Crippen MR) is 89.8 cm³/mol. The van der Waals surface area contributed by atoms with Gasteiger partial charge >= 0.3 is 17.8 Å². The van der Waals surface area contributed by atoms with Crippen molar-refractivity contribution in [3.63, 3.8) is 0 Å². The van der Waals surface area contributed by atoms with Crippen LogP contribution in [-0.2, 0) is 12.3 Å². The molecule has 0 aliphatic rings. The Morgan fingerprint density at radius 3 is 1.50 bits per heavy atom. The Labute approximate surface area is 119 Å². The zero-order valence-electron chi connectivity index (χ0n) is 13.9. The fourth-order valence-electron chi connectivity index (χ4n) is 1.55. The van der Waals surface area contributed by atoms with Crippen molar-refractivity contribution >= 4 is 35.2 Å². The first kappa shape index (κ1) is 18.7. The van der Waals surface area contributed by atoms with Gasteiger partial charge in [-0.25, -0.2) is 0 Å². The van der Waals surface area contributed by atoms with Crippen LogP contribution < -0.4 is 0 Å². The van der Waals surface area contributed by atoms with E-state index in [2.05, 4.69) is 66.6 Å². The SMILES string of the molecule is C[SiH](C)O[Si](C)(C)O[SiH](O[Si](C)(C)C)C(C)(C)C. The summed E-state index contributed by atoms with van der Waals surface area (Å²) >= 11 is 0. The van der Waals surface area contributed by atoms with Crippen LogP contribution in [0.4, 0.5) is 0 Å². The molecule has 0 aliphatic carbocycles. The van der Waals surface area contributed by atoms with Crippen LogP contribution in [0, 0.1) is 0 Å². The van der Waals surface area contributed by atoms with Gasteiger partial charge in [0.05, 0.1) is 0 Å². The molecule has 18 heavy (non-hydrogen) atoms. The van der Waals surface area contributed by atoms with E-state index in [-0.39, 0.29) is 5.04 Å². The second-order valence-corrected chi connectivity index (χ2v) is 22.0. The molecule has 1 unspecified atom stereocenters. The molecule has 0 fully saturated rings. The van der Waals surface area contributed by atoms with Crippen LogP contribution >= 0.6 is 0 Å². The van der Waals surface area contributed by atoms with Crippen LogP contribution in [0.1, 0.15) is 20.8 Å². The maximum atomic E-state index is 6.39. The van der Waals surface area contributed by atoms with Crippen molar-refractivity contribution in [3.8, 4) is 0 Å². The number of hydrogen-bond acceptors (Lipinski definition) is 3. The summed E-state index contributed by atoms with van der Waals surface area (Å²) in [5.41, 5.74) is 0. The van der Waals surface area contributed by atoms with E-state index in [4.69, 9.17) is 12.3 Å². The summed E-state index contributed by atoms with van der Waals surface area (Å²) in [4.78, 5) is 0. The third kappa shape index (κ3) is 8.78. The van der Waals surface area contributed by atoms with Crippen molar-refractivity contribution in [3.05, 3.63) is 0 Å². The first-order chi connectivity index (χ1) is 7.73. The molecule has 0 aromatic carbocycles. The van der Waals surface area contributed by atoms with Crippen molar-refractivity contribution in [2.24, 2.45) is 0 Å². The van der Waals surface area contributed by atoms with Gasteiger partial charge in [-0.1, -0.05) is 20.8 Å². The lowest BCUT2D eigenvalue weighted by Crippen LogP contribution is -2.51. The molecule has 0 saturated carbocycles. The van der Waals surface area contributed by atoms with Gasteiger partial charge in [0.2, 0.25) is 0 Å². The molecule has 0 amide bonds. The lowest BCUT2D eigenvalue weighted by molar-refractivity contribution is 0.325. The molecule has 3 nitrogen and oxygen atoms in total. The van der Waals surface area contributed by atoms with Crippen molar-refractivity contribution in [1.29, 1.82) is 0 Å². The lowest BCUT2D eigenvalue weighted by atomic mass is 10.3. The molecule has 0 spiro atoms. The van der Waals surface area contributed by atoms with E-state index in [1.54, 1.807) is 0 Å². The molecule has 0 rings (SSSR count). The summed E-state index contributed by atoms with van der Waals surface area (Å²) in [5, 5.41) is 0.118. The molecule has 7 heteroatoms. The van der Waals surface area contributed by atoms with E-state index in [1.807, 2.05) is 0 Å². The minimum atomic E-state index is -2.02. The Kier molecular flexibility index (Phi) is 6.73. The van der Waals surface area contributed by atoms with Crippen LogP contribution in [-0.4, -0.2) is 35.2 Å². The van der Waals surface area contributed by atoms with Crippen LogP contribution in [0.15, 0.2) is 0 Å². The van der Waals surface area contributed by atoms with Gasteiger partial charge in [-0.2, -0.15) is 0 Å². The summed E-state index contributed by atoms with van der Waals surface area (Å²) in [6.45, 7) is 22.1. The van der Waals surface area contributed by atoms with Crippen molar-refractivity contribution in [1.82, 2.24) is 0 Å². The van der Waals surface area contributed by atoms with Gasteiger partial charge in [-0.3, -0.25) is 0 Å². The predicted octanol–water partition coefficient (Wildman–Crippen LogP) is 3.58. The standard InChI is InChI=1S/C11H32O3Si4/c1-11(2,3)16(13-17(6,7)8)14-18(9,10)12-15(4)5/h15-16H,1-10H3. The fourth-order valence-corrected chi connectivity index (χ4v) is 14.9. The van der Waals surface area contributed by atoms with Gasteiger partial charge < -0.3 is 12.3 Å². The monoisotopic (exact) mass is 324 g/mol. The molecule has 0 bridgehead atoms. The second kappa shape index (κ2) is 6.47. The number of hydrogen-bond donors (Lipinski definition) is 0. The Morgan fingerprint density at radius 2 is 1.22 bits per heavy atom. The summed E-state index contributed by atoms with van der Waals surface area (Å²) in [6, 6.07) is 0. The summed E-state index contributed by atoms with van der Waals surface area (Å²) < 4.78 is 18.8. The maximum Gasteiger partial charge on any atom is 0.312 e. The molecule has 0 aromatic rings. The van der Waals surface area contributed by atoms with Crippen molar-refractivity contribution in [2.45, 2.75) is 71.6 Å². The van der Waals surface area contributed by atoms with E-state index < -0.39 is 35.2 Å². The first-order valence-electron chi connectivity index (χ1n) is 6.76. The first-order valence-corrected chi connectivity index (χ1v) is 17.3. The smallest absolute Gasteiger partial charge is 0.312 e. The molecule has 0 radical (unpaired) electrons. The maximum absolute atomic E-state index is 6.39. The lowest BCUT2D eigenvalue weighted by Gasteiger charge is -2.39. The molecule has 1 atom stereocenters. The van der Waals surface area contributed by atoms with Crippen LogP contribution in [0.25, 0.3) is 0 Å². The Balaban J connectivity index is 4.80. The highest BCUT2D eigenvalue weighted by atomic mass is 28.5. The van der Waals surface area contributed by atoms with E-state index >= 15 is 0 Å². The average molecular weight is 325 g/mol. The highest BCUT2D eigenvalue weighted by molar-refractivity contribution is 6.82. The van der Waals surface area contributed by atoms with Crippen molar-refractivity contribution in [2.75, 3.05) is 0 Å². The molecular weight excluding hydrogens is 292 g/mol. The highest BCUT2D eigenvalue weighted by Gasteiger charge is 2.40. The molecule has 0 heterocycles. The van der Waals surface area contributed by atoms with Crippen LogP contribution in [0.5, 0.6) is 0 Å². The van der Waals surface area contributed by atoms with Gasteiger partial charge in [-0.15, -0.1) is 0 Å². The zero-order valence-corrected chi connectivity index (χ0v) is 18.2. The van der Waals surface area contributed by atoms with E-state index in [9.17, 15) is 0 Å². The molecule has 0 aliphatic heterocycles. The van der Waals surface area contributed by atoms with E-state index in [1.165, 1.54) is 0 Å². The number of rotatable bonds is 6. The van der Waals surface area contributed by atoms with Gasteiger partial charge in [0, 0.05) is 5.04 Å². The molecule has 0 N–H and O–H groups in total. The Hall–Kier alpha value is 0.748. The highest BCUT2D eigenvalue weighted by Crippen LogP contribution is 2.32. The molecule has 0 saturated heterocycles. The quantitative estimate of drug-likeness (QED) is 0.699. The van der Waals surface area contributed by atoms with Gasteiger partial charge in [0.1, 0.15) is 0 Å². The summed E-state index contributed by atoms with van der Waals surface area (Å²) in [6.07, 6.45) is 0. The summed E-state index contributed by atoms with van der Waals surface area (Å²) in [7, 11) is -6.33. The Morgan fingerprint density at radius 1 is 0.778 bits per heavy atom. The van der Waals surface area contributed by atoms with Crippen molar-refractivity contribution < 1.29 is 12.3 Å². The largest absolute Gasteiger partial charge is 0.440 e. The second-order valence-electron chi connectivity index (χ2n) is 7.61. The van der Waals surface area contributed by atoms with E-state index in [0.29, 0.717) is 0 Å². The van der Waals surface area contributed by atoms with Crippen LogP contribution in [0.2, 0.25) is 50.9 Å². The molecule has 110 valence electrons.